The maximum atomic E-state index is 13.3. The molecule has 0 amide bonds. The highest BCUT2D eigenvalue weighted by Crippen LogP contribution is 2.15. The first kappa shape index (κ1) is 11.8. The van der Waals surface area contributed by atoms with Gasteiger partial charge in [0.15, 0.2) is 0 Å². The van der Waals surface area contributed by atoms with Crippen molar-refractivity contribution in [3.8, 4) is 0 Å². The number of aromatic nitrogens is 2. The van der Waals surface area contributed by atoms with Crippen molar-refractivity contribution in [1.29, 1.82) is 0 Å². The van der Waals surface area contributed by atoms with E-state index in [-0.39, 0.29) is 5.82 Å². The standard InChI is InChI=1S/C9H8BFN2.C2H6/c1-5-12-9-7(11)3-6(10)4-8(9)13(5)2;1-2/h3-4H,1-2H3;1-2H3. The lowest BCUT2D eigenvalue weighted by Gasteiger charge is -1.98. The van der Waals surface area contributed by atoms with Gasteiger partial charge in [-0.1, -0.05) is 19.3 Å². The number of fused-ring (bicyclic) bond motifs is 1. The number of hydrogen-bond acceptors (Lipinski definition) is 1. The molecule has 0 atom stereocenters. The van der Waals surface area contributed by atoms with Crippen LogP contribution in [0.15, 0.2) is 12.1 Å². The lowest BCUT2D eigenvalue weighted by Crippen LogP contribution is -2.03. The fourth-order valence-electron chi connectivity index (χ4n) is 1.38. The molecule has 1 aromatic carbocycles. The van der Waals surface area contributed by atoms with E-state index in [4.69, 9.17) is 7.85 Å². The molecule has 0 spiro atoms. The predicted octanol–water partition coefficient (Wildman–Crippen LogP) is 1.84. The van der Waals surface area contributed by atoms with Crippen molar-refractivity contribution >= 4 is 24.3 Å². The second kappa shape index (κ2) is 4.47. The number of aryl methyl sites for hydroxylation is 2. The highest BCUT2D eigenvalue weighted by molar-refractivity contribution is 6.33. The molecule has 1 aromatic heterocycles. The molecular formula is C11H14BFN2. The van der Waals surface area contributed by atoms with E-state index in [0.29, 0.717) is 11.0 Å². The maximum Gasteiger partial charge on any atom is 0.150 e. The summed E-state index contributed by atoms with van der Waals surface area (Å²) in [5, 5.41) is 0. The first-order valence-corrected chi connectivity index (χ1v) is 4.97. The quantitative estimate of drug-likeness (QED) is 0.598. The third-order valence-electron chi connectivity index (χ3n) is 2.19. The summed E-state index contributed by atoms with van der Waals surface area (Å²) >= 11 is 0. The fourth-order valence-corrected chi connectivity index (χ4v) is 1.38. The zero-order valence-electron chi connectivity index (χ0n) is 9.50. The van der Waals surface area contributed by atoms with Gasteiger partial charge in [0.2, 0.25) is 0 Å². The van der Waals surface area contributed by atoms with Crippen LogP contribution >= 0.6 is 0 Å². The summed E-state index contributed by atoms with van der Waals surface area (Å²) in [6.07, 6.45) is 0. The summed E-state index contributed by atoms with van der Waals surface area (Å²) in [5.41, 5.74) is 1.54. The molecule has 2 aromatic rings. The predicted molar refractivity (Wildman–Crippen MR) is 62.1 cm³/mol. The number of hydrogen-bond donors (Lipinski definition) is 0. The third kappa shape index (κ3) is 2.03. The summed E-state index contributed by atoms with van der Waals surface area (Å²) in [5.74, 6) is 0.415. The van der Waals surface area contributed by atoms with Crippen molar-refractivity contribution in [3.05, 3.63) is 23.8 Å². The van der Waals surface area contributed by atoms with Crippen LogP contribution in [0.4, 0.5) is 4.39 Å². The van der Waals surface area contributed by atoms with Gasteiger partial charge in [0, 0.05) is 7.05 Å². The molecule has 2 radical (unpaired) electrons. The van der Waals surface area contributed by atoms with E-state index in [9.17, 15) is 4.39 Å². The lowest BCUT2D eigenvalue weighted by atomic mass is 9.96. The molecule has 2 rings (SSSR count). The Morgan fingerprint density at radius 1 is 1.33 bits per heavy atom. The second-order valence-electron chi connectivity index (χ2n) is 3.09. The fraction of sp³-hybridized carbons (Fsp3) is 0.364. The minimum Gasteiger partial charge on any atom is -0.331 e. The van der Waals surface area contributed by atoms with Gasteiger partial charge >= 0.3 is 0 Å². The van der Waals surface area contributed by atoms with Crippen molar-refractivity contribution < 1.29 is 4.39 Å². The van der Waals surface area contributed by atoms with Crippen LogP contribution in [-0.2, 0) is 7.05 Å². The first-order chi connectivity index (χ1) is 7.09. The monoisotopic (exact) mass is 204 g/mol. The Morgan fingerprint density at radius 2 is 1.93 bits per heavy atom. The van der Waals surface area contributed by atoms with Crippen molar-refractivity contribution in [1.82, 2.24) is 9.55 Å². The average molecular weight is 204 g/mol. The Hall–Kier alpha value is -1.32. The number of halogens is 1. The summed E-state index contributed by atoms with van der Waals surface area (Å²) in [4.78, 5) is 4.09. The van der Waals surface area contributed by atoms with E-state index in [1.165, 1.54) is 6.07 Å². The van der Waals surface area contributed by atoms with Crippen molar-refractivity contribution in [2.75, 3.05) is 0 Å². The molecule has 0 aliphatic rings. The van der Waals surface area contributed by atoms with E-state index in [1.807, 2.05) is 32.4 Å². The van der Waals surface area contributed by atoms with Gasteiger partial charge in [-0.15, -0.1) is 0 Å². The molecule has 4 heteroatoms. The molecule has 0 unspecified atom stereocenters. The Morgan fingerprint density at radius 3 is 2.53 bits per heavy atom. The van der Waals surface area contributed by atoms with Gasteiger partial charge in [-0.25, -0.2) is 9.37 Å². The molecule has 0 fully saturated rings. The molecule has 78 valence electrons. The Kier molecular flexibility index (Phi) is 3.50. The normalized spacial score (nSPS) is 9.93. The zero-order valence-corrected chi connectivity index (χ0v) is 9.50. The highest BCUT2D eigenvalue weighted by Gasteiger charge is 2.08. The molecule has 0 saturated heterocycles. The number of imidazole rings is 1. The van der Waals surface area contributed by atoms with Crippen molar-refractivity contribution in [2.45, 2.75) is 20.8 Å². The van der Waals surface area contributed by atoms with Crippen LogP contribution in [0.1, 0.15) is 19.7 Å². The number of benzene rings is 1. The van der Waals surface area contributed by atoms with E-state index in [2.05, 4.69) is 4.98 Å². The minimum absolute atomic E-state index is 0.362. The molecule has 0 aliphatic carbocycles. The van der Waals surface area contributed by atoms with Gasteiger partial charge < -0.3 is 4.57 Å². The molecule has 2 nitrogen and oxygen atoms in total. The molecule has 0 saturated carbocycles. The first-order valence-electron chi connectivity index (χ1n) is 4.97. The van der Waals surface area contributed by atoms with Crippen LogP contribution in [0.25, 0.3) is 11.0 Å². The van der Waals surface area contributed by atoms with E-state index in [1.54, 1.807) is 6.07 Å². The van der Waals surface area contributed by atoms with E-state index in [0.717, 1.165) is 11.3 Å². The van der Waals surface area contributed by atoms with Crippen LogP contribution < -0.4 is 5.46 Å². The maximum absolute atomic E-state index is 13.3. The smallest absolute Gasteiger partial charge is 0.150 e. The van der Waals surface area contributed by atoms with Crippen LogP contribution in [0.2, 0.25) is 0 Å². The van der Waals surface area contributed by atoms with E-state index < -0.39 is 0 Å². The molecular weight excluding hydrogens is 190 g/mol. The SMILES string of the molecule is CC.[B]c1cc(F)c2nc(C)n(C)c2c1. The zero-order chi connectivity index (χ0) is 11.6. The molecule has 15 heavy (non-hydrogen) atoms. The number of nitrogens with zero attached hydrogens (tertiary/aromatic N) is 2. The summed E-state index contributed by atoms with van der Waals surface area (Å²) in [7, 11) is 7.36. The molecule has 0 bridgehead atoms. The Labute approximate surface area is 90.5 Å². The van der Waals surface area contributed by atoms with Crippen LogP contribution in [0.3, 0.4) is 0 Å². The van der Waals surface area contributed by atoms with Gasteiger partial charge in [-0.05, 0) is 19.1 Å². The van der Waals surface area contributed by atoms with Crippen LogP contribution in [0, 0.1) is 12.7 Å². The van der Waals surface area contributed by atoms with Crippen LogP contribution in [0.5, 0.6) is 0 Å². The van der Waals surface area contributed by atoms with Crippen molar-refractivity contribution in [2.24, 2.45) is 7.05 Å². The van der Waals surface area contributed by atoms with Gasteiger partial charge in [0.1, 0.15) is 25.0 Å². The summed E-state index contributed by atoms with van der Waals surface area (Å²) in [6.45, 7) is 5.83. The highest BCUT2D eigenvalue weighted by atomic mass is 19.1. The van der Waals surface area contributed by atoms with Crippen LogP contribution in [-0.4, -0.2) is 17.4 Å². The number of rotatable bonds is 0. The Bertz CT molecular complexity index is 477. The Balaban J connectivity index is 0.000000531. The third-order valence-corrected chi connectivity index (χ3v) is 2.19. The topological polar surface area (TPSA) is 17.8 Å². The van der Waals surface area contributed by atoms with E-state index >= 15 is 0 Å². The van der Waals surface area contributed by atoms with Gasteiger partial charge in [-0.3, -0.25) is 0 Å². The van der Waals surface area contributed by atoms with Gasteiger partial charge in [0.25, 0.3) is 0 Å². The second-order valence-corrected chi connectivity index (χ2v) is 3.09. The molecule has 0 aliphatic heterocycles. The lowest BCUT2D eigenvalue weighted by molar-refractivity contribution is 0.638. The summed E-state index contributed by atoms with van der Waals surface area (Å²) < 4.78 is 15.1. The van der Waals surface area contributed by atoms with Gasteiger partial charge in [-0.2, -0.15) is 0 Å². The molecule has 0 N–H and O–H groups in total. The van der Waals surface area contributed by atoms with Crippen molar-refractivity contribution in [3.63, 3.8) is 0 Å². The summed E-state index contributed by atoms with van der Waals surface area (Å²) in [6, 6.07) is 3.01. The average Bonchev–Trinajstić information content (AvgIpc) is 2.49. The molecule has 1 heterocycles. The van der Waals surface area contributed by atoms with Gasteiger partial charge in [0.05, 0.1) is 5.52 Å². The minimum atomic E-state index is -0.362. The largest absolute Gasteiger partial charge is 0.331 e.